The first kappa shape index (κ1) is 16.3. The fraction of sp³-hybridized carbons (Fsp3) is 0.214. The van der Waals surface area contributed by atoms with Gasteiger partial charge in [0.1, 0.15) is 22.2 Å². The largest absolute Gasteiger partial charge is 0.497 e. The van der Waals surface area contributed by atoms with Gasteiger partial charge in [-0.2, -0.15) is 4.98 Å². The molecule has 0 fully saturated rings. The fourth-order valence-corrected chi connectivity index (χ4v) is 2.18. The predicted octanol–water partition coefficient (Wildman–Crippen LogP) is 3.23. The van der Waals surface area contributed by atoms with Crippen LogP contribution in [-0.4, -0.2) is 30.5 Å². The Labute approximate surface area is 137 Å². The molecule has 0 bridgehead atoms. The minimum Gasteiger partial charge on any atom is -0.497 e. The standard InChI is InChI=1S/C14H13Cl2N3O3/c1-21-9-4-3-8(11(5-9)22-2)6-17-13-12(15)10(7-20)18-14(16)19-13/h3-5,7H,6H2,1-2H3,(H,17,18,19). The summed E-state index contributed by atoms with van der Waals surface area (Å²) in [5, 5.41) is 3.07. The highest BCUT2D eigenvalue weighted by Gasteiger charge is 2.12. The number of anilines is 1. The molecule has 6 nitrogen and oxygen atoms in total. The van der Waals surface area contributed by atoms with E-state index in [4.69, 9.17) is 32.7 Å². The number of nitrogens with one attached hydrogen (secondary N) is 1. The van der Waals surface area contributed by atoms with Gasteiger partial charge in [0.15, 0.2) is 12.1 Å². The molecule has 0 atom stereocenters. The number of rotatable bonds is 6. The van der Waals surface area contributed by atoms with Crippen molar-refractivity contribution in [3.63, 3.8) is 0 Å². The molecule has 22 heavy (non-hydrogen) atoms. The van der Waals surface area contributed by atoms with Crippen molar-refractivity contribution < 1.29 is 14.3 Å². The molecule has 0 aliphatic carbocycles. The first-order valence-corrected chi connectivity index (χ1v) is 6.97. The van der Waals surface area contributed by atoms with Crippen LogP contribution in [-0.2, 0) is 6.54 Å². The number of hydrogen-bond donors (Lipinski definition) is 1. The Bertz CT molecular complexity index is 695. The smallest absolute Gasteiger partial charge is 0.225 e. The first-order chi connectivity index (χ1) is 10.6. The normalized spacial score (nSPS) is 10.2. The molecule has 0 aliphatic heterocycles. The van der Waals surface area contributed by atoms with Gasteiger partial charge < -0.3 is 14.8 Å². The van der Waals surface area contributed by atoms with Crippen LogP contribution < -0.4 is 14.8 Å². The maximum absolute atomic E-state index is 10.9. The fourth-order valence-electron chi connectivity index (χ4n) is 1.81. The molecule has 0 unspecified atom stereocenters. The SMILES string of the molecule is COc1ccc(CNc2nc(Cl)nc(C=O)c2Cl)c(OC)c1. The number of nitrogens with zero attached hydrogens (tertiary/aromatic N) is 2. The lowest BCUT2D eigenvalue weighted by atomic mass is 10.2. The van der Waals surface area contributed by atoms with Gasteiger partial charge >= 0.3 is 0 Å². The molecule has 0 saturated heterocycles. The molecule has 1 aromatic heterocycles. The summed E-state index contributed by atoms with van der Waals surface area (Å²) in [6.07, 6.45) is 0.523. The van der Waals surface area contributed by atoms with Crippen molar-refractivity contribution in [3.8, 4) is 11.5 Å². The second-order valence-corrected chi connectivity index (χ2v) is 4.91. The van der Waals surface area contributed by atoms with E-state index >= 15 is 0 Å². The van der Waals surface area contributed by atoms with Crippen molar-refractivity contribution in [2.45, 2.75) is 6.54 Å². The van der Waals surface area contributed by atoms with Crippen molar-refractivity contribution in [2.75, 3.05) is 19.5 Å². The number of carbonyl (C=O) groups excluding carboxylic acids is 1. The Balaban J connectivity index is 2.23. The van der Waals surface area contributed by atoms with Crippen molar-refractivity contribution >= 4 is 35.3 Å². The molecule has 1 aromatic carbocycles. The molecular weight excluding hydrogens is 329 g/mol. The van der Waals surface area contributed by atoms with E-state index in [1.165, 1.54) is 0 Å². The number of aromatic nitrogens is 2. The Morgan fingerprint density at radius 3 is 2.64 bits per heavy atom. The van der Waals surface area contributed by atoms with E-state index in [9.17, 15) is 4.79 Å². The van der Waals surface area contributed by atoms with Crippen LogP contribution in [0.2, 0.25) is 10.3 Å². The highest BCUT2D eigenvalue weighted by atomic mass is 35.5. The topological polar surface area (TPSA) is 73.3 Å². The Morgan fingerprint density at radius 1 is 1.23 bits per heavy atom. The number of benzene rings is 1. The second kappa shape index (κ2) is 7.29. The van der Waals surface area contributed by atoms with Gasteiger partial charge in [0.2, 0.25) is 5.28 Å². The number of methoxy groups -OCH3 is 2. The summed E-state index contributed by atoms with van der Waals surface area (Å²) in [5.74, 6) is 1.62. The highest BCUT2D eigenvalue weighted by Crippen LogP contribution is 2.27. The monoisotopic (exact) mass is 341 g/mol. The van der Waals surface area contributed by atoms with E-state index in [1.807, 2.05) is 12.1 Å². The molecule has 8 heteroatoms. The summed E-state index contributed by atoms with van der Waals surface area (Å²) in [7, 11) is 3.15. The van der Waals surface area contributed by atoms with Gasteiger partial charge in [0.05, 0.1) is 14.2 Å². The molecule has 0 saturated carbocycles. The molecule has 0 aliphatic rings. The van der Waals surface area contributed by atoms with Crippen LogP contribution in [0.1, 0.15) is 16.1 Å². The van der Waals surface area contributed by atoms with Gasteiger partial charge in [-0.3, -0.25) is 4.79 Å². The molecule has 1 heterocycles. The van der Waals surface area contributed by atoms with Crippen LogP contribution in [0, 0.1) is 0 Å². The van der Waals surface area contributed by atoms with Crippen molar-refractivity contribution in [2.24, 2.45) is 0 Å². The third-order valence-electron chi connectivity index (χ3n) is 2.90. The van der Waals surface area contributed by atoms with Crippen LogP contribution >= 0.6 is 23.2 Å². The van der Waals surface area contributed by atoms with Gasteiger partial charge in [-0.15, -0.1) is 0 Å². The third-order valence-corrected chi connectivity index (χ3v) is 3.44. The predicted molar refractivity (Wildman–Crippen MR) is 84.3 cm³/mol. The molecular formula is C14H13Cl2N3O3. The van der Waals surface area contributed by atoms with Gasteiger partial charge in [0.25, 0.3) is 0 Å². The van der Waals surface area contributed by atoms with E-state index < -0.39 is 0 Å². The molecule has 116 valence electrons. The number of halogens is 2. The van der Waals surface area contributed by atoms with Crippen LogP contribution in [0.25, 0.3) is 0 Å². The number of aldehydes is 1. The van der Waals surface area contributed by atoms with Crippen LogP contribution in [0.15, 0.2) is 18.2 Å². The third kappa shape index (κ3) is 3.58. The number of ether oxygens (including phenoxy) is 2. The Morgan fingerprint density at radius 2 is 2.00 bits per heavy atom. The van der Waals surface area contributed by atoms with Crippen LogP contribution in [0.3, 0.4) is 0 Å². The quantitative estimate of drug-likeness (QED) is 0.642. The van der Waals surface area contributed by atoms with Gasteiger partial charge in [0, 0.05) is 18.2 Å². The van der Waals surface area contributed by atoms with Crippen LogP contribution in [0.5, 0.6) is 11.5 Å². The van der Waals surface area contributed by atoms with E-state index in [0.717, 1.165) is 5.56 Å². The molecule has 2 rings (SSSR count). The van der Waals surface area contributed by atoms with Crippen molar-refractivity contribution in [1.82, 2.24) is 9.97 Å². The van der Waals surface area contributed by atoms with Gasteiger partial charge in [-0.05, 0) is 23.7 Å². The minimum atomic E-state index is -0.0595. The number of hydrogen-bond acceptors (Lipinski definition) is 6. The average Bonchev–Trinajstić information content (AvgIpc) is 2.55. The summed E-state index contributed by atoms with van der Waals surface area (Å²) < 4.78 is 10.4. The zero-order valence-electron chi connectivity index (χ0n) is 11.9. The van der Waals surface area contributed by atoms with E-state index in [1.54, 1.807) is 20.3 Å². The molecule has 0 spiro atoms. The molecule has 0 amide bonds. The maximum Gasteiger partial charge on any atom is 0.225 e. The summed E-state index contributed by atoms with van der Waals surface area (Å²) in [6.45, 7) is 0.374. The van der Waals surface area contributed by atoms with E-state index in [2.05, 4.69) is 15.3 Å². The van der Waals surface area contributed by atoms with E-state index in [-0.39, 0.29) is 21.8 Å². The zero-order valence-corrected chi connectivity index (χ0v) is 13.4. The van der Waals surface area contributed by atoms with Gasteiger partial charge in [-0.25, -0.2) is 4.98 Å². The summed E-state index contributed by atoms with van der Waals surface area (Å²) >= 11 is 11.8. The first-order valence-electron chi connectivity index (χ1n) is 6.22. The molecule has 2 aromatic rings. The zero-order chi connectivity index (χ0) is 16.1. The molecule has 0 radical (unpaired) electrons. The van der Waals surface area contributed by atoms with Gasteiger partial charge in [-0.1, -0.05) is 11.6 Å². The second-order valence-electron chi connectivity index (χ2n) is 4.19. The lowest BCUT2D eigenvalue weighted by Gasteiger charge is -2.12. The molecule has 1 N–H and O–H groups in total. The number of carbonyl (C=O) groups is 1. The lowest BCUT2D eigenvalue weighted by Crippen LogP contribution is -2.06. The Hall–Kier alpha value is -2.05. The highest BCUT2D eigenvalue weighted by molar-refractivity contribution is 6.35. The average molecular weight is 342 g/mol. The minimum absolute atomic E-state index is 0.0332. The Kier molecular flexibility index (Phi) is 5.41. The van der Waals surface area contributed by atoms with Crippen molar-refractivity contribution in [1.29, 1.82) is 0 Å². The summed E-state index contributed by atoms with van der Waals surface area (Å²) in [6, 6.07) is 5.43. The van der Waals surface area contributed by atoms with Crippen molar-refractivity contribution in [3.05, 3.63) is 39.8 Å². The van der Waals surface area contributed by atoms with Crippen LogP contribution in [0.4, 0.5) is 5.82 Å². The summed E-state index contributed by atoms with van der Waals surface area (Å²) in [5.41, 5.74) is 0.896. The lowest BCUT2D eigenvalue weighted by molar-refractivity contribution is 0.111. The maximum atomic E-state index is 10.9. The van der Waals surface area contributed by atoms with E-state index in [0.29, 0.717) is 24.3 Å². The summed E-state index contributed by atoms with van der Waals surface area (Å²) in [4.78, 5) is 18.6.